The Morgan fingerprint density at radius 1 is 1.08 bits per heavy atom. The zero-order chi connectivity index (χ0) is 18.1. The van der Waals surface area contributed by atoms with Gasteiger partial charge in [0.1, 0.15) is 0 Å². The summed E-state index contributed by atoms with van der Waals surface area (Å²) in [6.45, 7) is 5.72. The van der Waals surface area contributed by atoms with Gasteiger partial charge in [0.05, 0.1) is 24.0 Å². The molecule has 0 spiro atoms. The van der Waals surface area contributed by atoms with Crippen molar-refractivity contribution >= 4 is 29.5 Å². The maximum Gasteiger partial charge on any atom is 0.190 e. The number of aromatic nitrogens is 4. The number of nitrogens with zero attached hydrogens (tertiary/aromatic N) is 3. The minimum absolute atomic E-state index is 0.480. The molecule has 0 fully saturated rings. The van der Waals surface area contributed by atoms with Crippen LogP contribution in [0.25, 0.3) is 0 Å². The predicted molar refractivity (Wildman–Crippen MR) is 107 cm³/mol. The predicted octanol–water partition coefficient (Wildman–Crippen LogP) is 2.37. The topological polar surface area (TPSA) is 96.5 Å². The largest absolute Gasteiger partial charge is 0.356 e. The number of thioether (sulfide) groups is 2. The Balaban J connectivity index is 1.51. The van der Waals surface area contributed by atoms with Crippen LogP contribution in [0.3, 0.4) is 0 Å². The van der Waals surface area contributed by atoms with Crippen LogP contribution < -0.4 is 5.32 Å². The molecule has 9 heteroatoms. The first-order valence-electron chi connectivity index (χ1n) is 8.24. The molecule has 0 aliphatic heterocycles. The van der Waals surface area contributed by atoms with Crippen LogP contribution in [0.2, 0.25) is 0 Å². The van der Waals surface area contributed by atoms with Crippen molar-refractivity contribution in [3.8, 4) is 0 Å². The van der Waals surface area contributed by atoms with E-state index in [2.05, 4.69) is 25.3 Å². The van der Waals surface area contributed by atoms with E-state index in [1.54, 1.807) is 12.7 Å². The van der Waals surface area contributed by atoms with Crippen molar-refractivity contribution in [1.82, 2.24) is 30.2 Å². The molecule has 0 aliphatic carbocycles. The first kappa shape index (κ1) is 19.7. The van der Waals surface area contributed by atoms with Gasteiger partial charge in [-0.1, -0.05) is 0 Å². The quantitative estimate of drug-likeness (QED) is 0.287. The normalized spacial score (nSPS) is 10.8. The van der Waals surface area contributed by atoms with Crippen LogP contribution in [0.15, 0.2) is 12.7 Å². The minimum atomic E-state index is 0.480. The lowest BCUT2D eigenvalue weighted by molar-refractivity contribution is 0.512. The van der Waals surface area contributed by atoms with E-state index in [0.717, 1.165) is 58.9 Å². The lowest BCUT2D eigenvalue weighted by atomic mass is 10.4. The molecule has 0 amide bonds. The molecule has 2 heterocycles. The standard InChI is InChI=1S/C16H27N7S2/c1-12-14(21-10-19-12)8-24-6-4-18-16(17)23(3)5-7-25-9-15-13(2)20-11-22-15/h10-11H,4-9H2,1-3H3,(H2,17,18)(H,19,21)(H,20,22). The lowest BCUT2D eigenvalue weighted by Gasteiger charge is -2.20. The van der Waals surface area contributed by atoms with Gasteiger partial charge in [0.25, 0.3) is 0 Å². The van der Waals surface area contributed by atoms with Crippen LogP contribution in [-0.4, -0.2) is 62.4 Å². The summed E-state index contributed by atoms with van der Waals surface area (Å²) in [5.74, 6) is 4.22. The van der Waals surface area contributed by atoms with E-state index in [1.165, 1.54) is 0 Å². The highest BCUT2D eigenvalue weighted by Crippen LogP contribution is 2.13. The molecule has 0 saturated heterocycles. The molecule has 0 atom stereocenters. The SMILES string of the molecule is Cc1[nH]cnc1CSCCNC(=N)N(C)CCSCc1nc[nH]c1C. The van der Waals surface area contributed by atoms with Gasteiger partial charge in [0.2, 0.25) is 0 Å². The number of rotatable bonds is 10. The van der Waals surface area contributed by atoms with Crippen molar-refractivity contribution in [2.45, 2.75) is 25.4 Å². The first-order chi connectivity index (χ1) is 12.1. The third-order valence-corrected chi connectivity index (χ3v) is 5.76. The van der Waals surface area contributed by atoms with Crippen LogP contribution in [0.1, 0.15) is 22.8 Å². The number of aryl methyl sites for hydroxylation is 2. The number of H-pyrrole nitrogens is 2. The minimum Gasteiger partial charge on any atom is -0.356 e. The van der Waals surface area contributed by atoms with Crippen molar-refractivity contribution in [2.24, 2.45) is 0 Å². The summed E-state index contributed by atoms with van der Waals surface area (Å²) < 4.78 is 0. The summed E-state index contributed by atoms with van der Waals surface area (Å²) in [4.78, 5) is 16.7. The van der Waals surface area contributed by atoms with Gasteiger partial charge in [-0.2, -0.15) is 23.5 Å². The Hall–Kier alpha value is -1.61. The van der Waals surface area contributed by atoms with E-state index in [1.807, 2.05) is 49.3 Å². The highest BCUT2D eigenvalue weighted by atomic mass is 32.2. The number of hydrogen-bond donors (Lipinski definition) is 4. The summed E-state index contributed by atoms with van der Waals surface area (Å²) in [6.07, 6.45) is 3.47. The second kappa shape index (κ2) is 10.4. The van der Waals surface area contributed by atoms with E-state index >= 15 is 0 Å². The van der Waals surface area contributed by atoms with Gasteiger partial charge in [0.15, 0.2) is 5.96 Å². The molecule has 25 heavy (non-hydrogen) atoms. The molecule has 0 bridgehead atoms. The molecule has 0 saturated carbocycles. The zero-order valence-corrected chi connectivity index (χ0v) is 16.7. The number of guanidine groups is 1. The fraction of sp³-hybridized carbons (Fsp3) is 0.562. The van der Waals surface area contributed by atoms with Crippen molar-refractivity contribution < 1.29 is 0 Å². The Morgan fingerprint density at radius 3 is 2.16 bits per heavy atom. The highest BCUT2D eigenvalue weighted by Gasteiger charge is 2.06. The number of imidazole rings is 2. The average molecular weight is 382 g/mol. The molecule has 138 valence electrons. The van der Waals surface area contributed by atoms with Gasteiger partial charge < -0.3 is 20.2 Å². The molecular weight excluding hydrogens is 354 g/mol. The van der Waals surface area contributed by atoms with Crippen LogP contribution in [0, 0.1) is 19.3 Å². The van der Waals surface area contributed by atoms with Crippen LogP contribution in [0.4, 0.5) is 0 Å². The van der Waals surface area contributed by atoms with Gasteiger partial charge in [-0.05, 0) is 13.8 Å². The first-order valence-corrected chi connectivity index (χ1v) is 10.6. The Bertz CT molecular complexity index is 652. The van der Waals surface area contributed by atoms with Crippen molar-refractivity contribution in [1.29, 1.82) is 5.41 Å². The second-order valence-electron chi connectivity index (χ2n) is 5.75. The van der Waals surface area contributed by atoms with E-state index in [4.69, 9.17) is 5.41 Å². The molecule has 0 aliphatic rings. The van der Waals surface area contributed by atoms with E-state index in [-0.39, 0.29) is 0 Å². The second-order valence-corrected chi connectivity index (χ2v) is 7.96. The Kier molecular flexibility index (Phi) is 8.20. The highest BCUT2D eigenvalue weighted by molar-refractivity contribution is 7.98. The molecule has 7 nitrogen and oxygen atoms in total. The van der Waals surface area contributed by atoms with Crippen molar-refractivity contribution in [3.63, 3.8) is 0 Å². The fourth-order valence-corrected chi connectivity index (χ4v) is 4.00. The number of hydrogen-bond acceptors (Lipinski definition) is 5. The molecule has 4 N–H and O–H groups in total. The van der Waals surface area contributed by atoms with Gasteiger partial charge in [-0.25, -0.2) is 9.97 Å². The monoisotopic (exact) mass is 381 g/mol. The van der Waals surface area contributed by atoms with Gasteiger partial charge in [-0.3, -0.25) is 5.41 Å². The molecule has 0 aromatic carbocycles. The van der Waals surface area contributed by atoms with Crippen LogP contribution in [0.5, 0.6) is 0 Å². The third-order valence-electron chi connectivity index (χ3n) is 3.84. The van der Waals surface area contributed by atoms with Gasteiger partial charge >= 0.3 is 0 Å². The maximum absolute atomic E-state index is 8.07. The molecule has 2 aromatic rings. The number of nitrogens with one attached hydrogen (secondary N) is 4. The van der Waals surface area contributed by atoms with Gasteiger partial charge in [-0.15, -0.1) is 0 Å². The summed E-state index contributed by atoms with van der Waals surface area (Å²) in [7, 11) is 1.95. The maximum atomic E-state index is 8.07. The van der Waals surface area contributed by atoms with E-state index in [9.17, 15) is 0 Å². The average Bonchev–Trinajstić information content (AvgIpc) is 3.19. The van der Waals surface area contributed by atoms with Gasteiger partial charge in [0, 0.05) is 54.5 Å². The van der Waals surface area contributed by atoms with Crippen LogP contribution >= 0.6 is 23.5 Å². The Labute approximate surface area is 157 Å². The summed E-state index contributed by atoms with van der Waals surface area (Å²) in [5.41, 5.74) is 4.50. The number of aromatic amines is 2. The fourth-order valence-electron chi connectivity index (χ4n) is 2.09. The molecule has 2 rings (SSSR count). The summed E-state index contributed by atoms with van der Waals surface area (Å²) >= 11 is 3.67. The third kappa shape index (κ3) is 6.66. The summed E-state index contributed by atoms with van der Waals surface area (Å²) in [6, 6.07) is 0. The molecular formula is C16H27N7S2. The van der Waals surface area contributed by atoms with E-state index in [0.29, 0.717) is 5.96 Å². The lowest BCUT2D eigenvalue weighted by Crippen LogP contribution is -2.40. The molecule has 2 aromatic heterocycles. The molecule has 0 radical (unpaired) electrons. The van der Waals surface area contributed by atoms with Crippen molar-refractivity contribution in [3.05, 3.63) is 35.4 Å². The molecule has 0 unspecified atom stereocenters. The van der Waals surface area contributed by atoms with E-state index < -0.39 is 0 Å². The van der Waals surface area contributed by atoms with Crippen molar-refractivity contribution in [2.75, 3.05) is 31.6 Å². The zero-order valence-electron chi connectivity index (χ0n) is 15.1. The smallest absolute Gasteiger partial charge is 0.190 e. The summed E-state index contributed by atoms with van der Waals surface area (Å²) in [5, 5.41) is 11.2. The van der Waals surface area contributed by atoms with Crippen LogP contribution in [-0.2, 0) is 11.5 Å². The Morgan fingerprint density at radius 2 is 1.64 bits per heavy atom.